The first-order valence-corrected chi connectivity index (χ1v) is 8.30. The molecule has 0 radical (unpaired) electrons. The Bertz CT molecular complexity index is 957. The molecule has 0 heterocycles. The number of carbonyl (C=O) groups excluding carboxylic acids is 1. The highest BCUT2D eigenvalue weighted by Crippen LogP contribution is 2.25. The number of hydrogen-bond donors (Lipinski definition) is 2. The molecule has 0 aromatic heterocycles. The molecule has 0 unspecified atom stereocenters. The van der Waals surface area contributed by atoms with E-state index in [1.165, 1.54) is 24.3 Å². The summed E-state index contributed by atoms with van der Waals surface area (Å²) < 4.78 is 54.6. The van der Waals surface area contributed by atoms with Gasteiger partial charge in [-0.2, -0.15) is 8.78 Å². The Labute approximate surface area is 158 Å². The quantitative estimate of drug-likeness (QED) is 0.524. The summed E-state index contributed by atoms with van der Waals surface area (Å²) in [5, 5.41) is 7.19. The van der Waals surface area contributed by atoms with Crippen molar-refractivity contribution in [2.24, 2.45) is 0 Å². The van der Waals surface area contributed by atoms with Gasteiger partial charge in [0.05, 0.1) is 5.69 Å². The average molecular weight is 392 g/mol. The van der Waals surface area contributed by atoms with Crippen molar-refractivity contribution < 1.29 is 27.1 Å². The Hall–Kier alpha value is -3.29. The highest BCUT2D eigenvalue weighted by atomic mass is 19.3. The molecule has 0 aliphatic carbocycles. The first-order chi connectivity index (χ1) is 13.3. The minimum absolute atomic E-state index is 0.0136. The lowest BCUT2D eigenvalue weighted by atomic mass is 10.1. The highest BCUT2D eigenvalue weighted by Gasteiger charge is 2.41. The molecule has 0 saturated heterocycles. The Morgan fingerprint density at radius 1 is 0.929 bits per heavy atom. The van der Waals surface area contributed by atoms with Gasteiger partial charge in [-0.05, 0) is 35.7 Å². The molecule has 0 saturated carbocycles. The van der Waals surface area contributed by atoms with E-state index in [-0.39, 0.29) is 5.75 Å². The third-order valence-corrected chi connectivity index (χ3v) is 3.90. The van der Waals surface area contributed by atoms with Crippen LogP contribution in [-0.4, -0.2) is 25.0 Å². The SMILES string of the molecule is O=C(Nc1ccc(OCC(F)(F)C(F)F)cc1)Nc1cccc2ccccc12. The zero-order valence-electron chi connectivity index (χ0n) is 14.5. The maximum atomic E-state index is 12.9. The molecule has 4 nitrogen and oxygen atoms in total. The maximum absolute atomic E-state index is 12.9. The van der Waals surface area contributed by atoms with Crippen LogP contribution < -0.4 is 15.4 Å². The molecular formula is C20H16F4N2O2. The molecule has 3 rings (SSSR count). The van der Waals surface area contributed by atoms with Gasteiger partial charge in [0, 0.05) is 11.1 Å². The van der Waals surface area contributed by atoms with Crippen molar-refractivity contribution in [2.45, 2.75) is 12.3 Å². The molecule has 8 heteroatoms. The summed E-state index contributed by atoms with van der Waals surface area (Å²) in [5.41, 5.74) is 1.01. The number of urea groups is 1. The van der Waals surface area contributed by atoms with Gasteiger partial charge in [0.15, 0.2) is 6.61 Å². The number of fused-ring (bicyclic) bond motifs is 1. The van der Waals surface area contributed by atoms with Gasteiger partial charge in [-0.1, -0.05) is 36.4 Å². The monoisotopic (exact) mass is 392 g/mol. The number of anilines is 2. The molecule has 3 aromatic rings. The zero-order valence-corrected chi connectivity index (χ0v) is 14.5. The highest BCUT2D eigenvalue weighted by molar-refractivity contribution is 6.06. The second-order valence-corrected chi connectivity index (χ2v) is 5.98. The van der Waals surface area contributed by atoms with E-state index in [0.29, 0.717) is 11.4 Å². The first-order valence-electron chi connectivity index (χ1n) is 8.30. The van der Waals surface area contributed by atoms with Crippen molar-refractivity contribution >= 4 is 28.2 Å². The van der Waals surface area contributed by atoms with Gasteiger partial charge in [-0.15, -0.1) is 0 Å². The molecule has 28 heavy (non-hydrogen) atoms. The smallest absolute Gasteiger partial charge is 0.340 e. The van der Waals surface area contributed by atoms with Crippen molar-refractivity contribution in [3.63, 3.8) is 0 Å². The lowest BCUT2D eigenvalue weighted by Gasteiger charge is -2.16. The van der Waals surface area contributed by atoms with Crippen LogP contribution >= 0.6 is 0 Å². The molecule has 2 N–H and O–H groups in total. The second kappa shape index (κ2) is 8.16. The number of carbonyl (C=O) groups is 1. The first kappa shape index (κ1) is 19.5. The van der Waals surface area contributed by atoms with Crippen LogP contribution in [-0.2, 0) is 0 Å². The van der Waals surface area contributed by atoms with Gasteiger partial charge >= 0.3 is 18.4 Å². The fourth-order valence-electron chi connectivity index (χ4n) is 2.50. The molecule has 2 amide bonds. The molecule has 0 atom stereocenters. The van der Waals surface area contributed by atoms with Crippen LogP contribution in [0.4, 0.5) is 33.7 Å². The number of halogens is 4. The van der Waals surface area contributed by atoms with Gasteiger partial charge < -0.3 is 15.4 Å². The summed E-state index contributed by atoms with van der Waals surface area (Å²) in [6.07, 6.45) is -3.80. The van der Waals surface area contributed by atoms with E-state index >= 15 is 0 Å². The summed E-state index contributed by atoms with van der Waals surface area (Å²) in [6, 6.07) is 18.0. The number of rotatable bonds is 6. The fourth-order valence-corrected chi connectivity index (χ4v) is 2.50. The normalized spacial score (nSPS) is 11.5. The van der Waals surface area contributed by atoms with Crippen LogP contribution in [0.15, 0.2) is 66.7 Å². The lowest BCUT2D eigenvalue weighted by molar-refractivity contribution is -0.148. The van der Waals surface area contributed by atoms with Gasteiger partial charge in [0.2, 0.25) is 0 Å². The molecule has 0 bridgehead atoms. The number of hydrogen-bond acceptors (Lipinski definition) is 2. The van der Waals surface area contributed by atoms with Gasteiger partial charge in [0.25, 0.3) is 0 Å². The number of amides is 2. The summed E-state index contributed by atoms with van der Waals surface area (Å²) in [6.45, 7) is -1.43. The average Bonchev–Trinajstić information content (AvgIpc) is 2.67. The Morgan fingerprint density at radius 2 is 1.61 bits per heavy atom. The third-order valence-electron chi connectivity index (χ3n) is 3.90. The molecule has 0 aliphatic heterocycles. The standard InChI is InChI=1S/C20H16F4N2O2/c21-18(22)20(23,24)12-28-15-10-8-14(9-11-15)25-19(27)26-17-7-3-5-13-4-1-2-6-16(13)17/h1-11,18H,12H2,(H2,25,26,27). The zero-order chi connectivity index (χ0) is 20.1. The van der Waals surface area contributed by atoms with E-state index in [1.54, 1.807) is 6.07 Å². The lowest BCUT2D eigenvalue weighted by Crippen LogP contribution is -2.33. The number of alkyl halides is 4. The number of benzene rings is 3. The Kier molecular flexibility index (Phi) is 5.67. The molecule has 0 spiro atoms. The van der Waals surface area contributed by atoms with Crippen molar-refractivity contribution in [1.82, 2.24) is 0 Å². The van der Waals surface area contributed by atoms with Crippen molar-refractivity contribution in [3.05, 3.63) is 66.7 Å². The third kappa shape index (κ3) is 4.70. The fraction of sp³-hybridized carbons (Fsp3) is 0.150. The molecule has 0 aliphatic rings. The van der Waals surface area contributed by atoms with Crippen molar-refractivity contribution in [3.8, 4) is 5.75 Å². The molecule has 146 valence electrons. The van der Waals surface area contributed by atoms with Crippen LogP contribution in [0.2, 0.25) is 0 Å². The van der Waals surface area contributed by atoms with Crippen molar-refractivity contribution in [2.75, 3.05) is 17.2 Å². The summed E-state index contributed by atoms with van der Waals surface area (Å²) in [4.78, 5) is 12.2. The summed E-state index contributed by atoms with van der Waals surface area (Å²) in [5.74, 6) is -4.24. The van der Waals surface area contributed by atoms with Gasteiger partial charge in [-0.25, -0.2) is 13.6 Å². The Morgan fingerprint density at radius 3 is 2.32 bits per heavy atom. The van der Waals surface area contributed by atoms with Gasteiger partial charge in [-0.3, -0.25) is 0 Å². The summed E-state index contributed by atoms with van der Waals surface area (Å²) >= 11 is 0. The minimum atomic E-state index is -4.23. The van der Waals surface area contributed by atoms with Crippen LogP contribution in [0.25, 0.3) is 10.8 Å². The summed E-state index contributed by atoms with van der Waals surface area (Å²) in [7, 11) is 0. The van der Waals surface area contributed by atoms with E-state index in [4.69, 9.17) is 0 Å². The van der Waals surface area contributed by atoms with Crippen LogP contribution in [0, 0.1) is 0 Å². The minimum Gasteiger partial charge on any atom is -0.487 e. The van der Waals surface area contributed by atoms with E-state index in [0.717, 1.165) is 10.8 Å². The molecular weight excluding hydrogens is 376 g/mol. The molecule has 0 fully saturated rings. The maximum Gasteiger partial charge on any atom is 0.340 e. The van der Waals surface area contributed by atoms with E-state index in [2.05, 4.69) is 15.4 Å². The van der Waals surface area contributed by atoms with Crippen LogP contribution in [0.5, 0.6) is 5.75 Å². The molecule has 3 aromatic carbocycles. The van der Waals surface area contributed by atoms with Gasteiger partial charge in [0.1, 0.15) is 5.75 Å². The van der Waals surface area contributed by atoms with E-state index in [9.17, 15) is 22.4 Å². The van der Waals surface area contributed by atoms with Crippen molar-refractivity contribution in [1.29, 1.82) is 0 Å². The topological polar surface area (TPSA) is 50.4 Å². The van der Waals surface area contributed by atoms with Crippen LogP contribution in [0.3, 0.4) is 0 Å². The number of ether oxygens (including phenoxy) is 1. The second-order valence-electron chi connectivity index (χ2n) is 5.98. The largest absolute Gasteiger partial charge is 0.487 e. The van der Waals surface area contributed by atoms with E-state index < -0.39 is 25.0 Å². The van der Waals surface area contributed by atoms with E-state index in [1.807, 2.05) is 36.4 Å². The number of nitrogens with one attached hydrogen (secondary N) is 2. The van der Waals surface area contributed by atoms with Crippen LogP contribution in [0.1, 0.15) is 0 Å². The predicted octanol–water partition coefficient (Wildman–Crippen LogP) is 5.76. The predicted molar refractivity (Wildman–Crippen MR) is 99.5 cm³/mol. The Balaban J connectivity index is 1.60.